The van der Waals surface area contributed by atoms with Gasteiger partial charge < -0.3 is 4.74 Å². The normalized spacial score (nSPS) is 43.7. The Morgan fingerprint density at radius 3 is 2.56 bits per heavy atom. The number of thiol groups is 1. The number of hydrogen-bond acceptors (Lipinski definition) is 2. The van der Waals surface area contributed by atoms with E-state index in [0.717, 1.165) is 12.5 Å². The molecule has 2 unspecified atom stereocenters. The van der Waals surface area contributed by atoms with Crippen molar-refractivity contribution in [1.29, 1.82) is 0 Å². The van der Waals surface area contributed by atoms with Crippen LogP contribution >= 0.6 is 12.6 Å². The van der Waals surface area contributed by atoms with Gasteiger partial charge in [-0.1, -0.05) is 0 Å². The fourth-order valence-corrected chi connectivity index (χ4v) is 1.73. The zero-order valence-electron chi connectivity index (χ0n) is 5.42. The summed E-state index contributed by atoms with van der Waals surface area (Å²) >= 11 is 4.35. The average molecular weight is 144 g/mol. The summed E-state index contributed by atoms with van der Waals surface area (Å²) < 4.78 is 5.51. The van der Waals surface area contributed by atoms with Gasteiger partial charge in [0.25, 0.3) is 0 Å². The van der Waals surface area contributed by atoms with Crippen molar-refractivity contribution in [2.75, 3.05) is 6.61 Å². The lowest BCUT2D eigenvalue weighted by molar-refractivity contribution is 0.0945. The van der Waals surface area contributed by atoms with E-state index in [4.69, 9.17) is 4.74 Å². The van der Waals surface area contributed by atoms with Crippen LogP contribution in [-0.2, 0) is 4.74 Å². The molecule has 0 spiro atoms. The smallest absolute Gasteiger partial charge is 0.0615 e. The summed E-state index contributed by atoms with van der Waals surface area (Å²) in [4.78, 5) is 0. The van der Waals surface area contributed by atoms with E-state index in [1.165, 1.54) is 19.3 Å². The van der Waals surface area contributed by atoms with Gasteiger partial charge in [-0.25, -0.2) is 0 Å². The van der Waals surface area contributed by atoms with E-state index in [1.807, 2.05) is 0 Å². The molecule has 1 aliphatic carbocycles. The third kappa shape index (κ3) is 1.24. The van der Waals surface area contributed by atoms with E-state index in [-0.39, 0.29) is 0 Å². The molecule has 2 aliphatic rings. The molecule has 0 N–H and O–H groups in total. The van der Waals surface area contributed by atoms with Crippen LogP contribution in [0.1, 0.15) is 19.3 Å². The molecule has 2 fully saturated rings. The van der Waals surface area contributed by atoms with Gasteiger partial charge >= 0.3 is 0 Å². The molecule has 0 radical (unpaired) electrons. The molecular weight excluding hydrogens is 132 g/mol. The number of rotatable bonds is 1. The van der Waals surface area contributed by atoms with E-state index in [9.17, 15) is 0 Å². The first-order valence-electron chi connectivity index (χ1n) is 3.66. The van der Waals surface area contributed by atoms with Crippen LogP contribution in [0.4, 0.5) is 0 Å². The van der Waals surface area contributed by atoms with Gasteiger partial charge in [0, 0.05) is 5.25 Å². The molecule has 0 bridgehead atoms. The molecule has 1 saturated heterocycles. The molecule has 0 aromatic heterocycles. The van der Waals surface area contributed by atoms with Crippen molar-refractivity contribution < 1.29 is 4.74 Å². The summed E-state index contributed by atoms with van der Waals surface area (Å²) in [5.74, 6) is 0.905. The van der Waals surface area contributed by atoms with Gasteiger partial charge in [0.2, 0.25) is 0 Å². The SMILES string of the molecule is SC1COC(C2CC2)C1. The maximum Gasteiger partial charge on any atom is 0.0615 e. The highest BCUT2D eigenvalue weighted by atomic mass is 32.1. The van der Waals surface area contributed by atoms with Gasteiger partial charge in [-0.2, -0.15) is 12.6 Å². The highest BCUT2D eigenvalue weighted by Gasteiger charge is 2.36. The van der Waals surface area contributed by atoms with Crippen molar-refractivity contribution in [2.24, 2.45) is 5.92 Å². The number of ether oxygens (including phenoxy) is 1. The Morgan fingerprint density at radius 1 is 1.33 bits per heavy atom. The zero-order chi connectivity index (χ0) is 6.27. The molecule has 2 rings (SSSR count). The number of hydrogen-bond donors (Lipinski definition) is 1. The molecule has 1 aliphatic heterocycles. The molecule has 2 heteroatoms. The Hall–Kier alpha value is 0.310. The topological polar surface area (TPSA) is 9.23 Å². The third-order valence-electron chi connectivity index (χ3n) is 2.15. The van der Waals surface area contributed by atoms with Crippen molar-refractivity contribution >= 4 is 12.6 Å². The maximum absolute atomic E-state index is 5.51. The minimum atomic E-state index is 0.524. The van der Waals surface area contributed by atoms with Crippen LogP contribution in [0, 0.1) is 5.92 Å². The fourth-order valence-electron chi connectivity index (χ4n) is 1.44. The van der Waals surface area contributed by atoms with E-state index in [0.29, 0.717) is 11.4 Å². The lowest BCUT2D eigenvalue weighted by atomic mass is 10.2. The maximum atomic E-state index is 5.51. The highest BCUT2D eigenvalue weighted by molar-refractivity contribution is 7.81. The second kappa shape index (κ2) is 2.17. The Morgan fingerprint density at radius 2 is 2.11 bits per heavy atom. The molecule has 9 heavy (non-hydrogen) atoms. The van der Waals surface area contributed by atoms with Crippen LogP contribution in [0.3, 0.4) is 0 Å². The Bertz CT molecular complexity index is 111. The molecule has 0 aromatic rings. The van der Waals surface area contributed by atoms with Crippen molar-refractivity contribution in [1.82, 2.24) is 0 Å². The van der Waals surface area contributed by atoms with Crippen LogP contribution in [0.2, 0.25) is 0 Å². The van der Waals surface area contributed by atoms with E-state index >= 15 is 0 Å². The predicted octanol–water partition coefficient (Wildman–Crippen LogP) is 1.48. The average Bonchev–Trinajstić information content (AvgIpc) is 2.58. The monoisotopic (exact) mass is 144 g/mol. The van der Waals surface area contributed by atoms with Crippen molar-refractivity contribution in [3.63, 3.8) is 0 Å². The Kier molecular flexibility index (Phi) is 1.46. The standard InChI is InChI=1S/C7H12OS/c9-6-3-7(8-4-6)5-1-2-5/h5-7,9H,1-4H2. The summed E-state index contributed by atoms with van der Waals surface area (Å²) in [6.07, 6.45) is 4.55. The lowest BCUT2D eigenvalue weighted by Crippen LogP contribution is -2.06. The molecule has 1 saturated carbocycles. The third-order valence-corrected chi connectivity index (χ3v) is 2.51. The van der Waals surface area contributed by atoms with Crippen LogP contribution in [0.15, 0.2) is 0 Å². The van der Waals surface area contributed by atoms with Crippen molar-refractivity contribution in [3.05, 3.63) is 0 Å². The molecule has 1 nitrogen and oxygen atoms in total. The molecule has 2 atom stereocenters. The second-order valence-corrected chi connectivity index (χ2v) is 3.83. The Balaban J connectivity index is 1.86. The molecule has 1 heterocycles. The minimum absolute atomic E-state index is 0.524. The van der Waals surface area contributed by atoms with Gasteiger partial charge in [0.1, 0.15) is 0 Å². The van der Waals surface area contributed by atoms with Gasteiger partial charge in [0.15, 0.2) is 0 Å². The summed E-state index contributed by atoms with van der Waals surface area (Å²) in [5.41, 5.74) is 0. The summed E-state index contributed by atoms with van der Waals surface area (Å²) in [7, 11) is 0. The van der Waals surface area contributed by atoms with Crippen LogP contribution in [0.5, 0.6) is 0 Å². The minimum Gasteiger partial charge on any atom is -0.377 e. The Labute approximate surface area is 61.2 Å². The van der Waals surface area contributed by atoms with Gasteiger partial charge in [-0.3, -0.25) is 0 Å². The summed E-state index contributed by atoms with van der Waals surface area (Å²) in [6, 6.07) is 0. The van der Waals surface area contributed by atoms with Crippen molar-refractivity contribution in [3.8, 4) is 0 Å². The summed E-state index contributed by atoms with van der Waals surface area (Å²) in [5, 5.41) is 0.524. The lowest BCUT2D eigenvalue weighted by Gasteiger charge is -2.04. The van der Waals surface area contributed by atoms with Gasteiger partial charge in [-0.05, 0) is 25.2 Å². The fraction of sp³-hybridized carbons (Fsp3) is 1.00. The predicted molar refractivity (Wildman–Crippen MR) is 39.9 cm³/mol. The molecule has 52 valence electrons. The van der Waals surface area contributed by atoms with Crippen molar-refractivity contribution in [2.45, 2.75) is 30.6 Å². The zero-order valence-corrected chi connectivity index (χ0v) is 6.31. The summed E-state index contributed by atoms with van der Waals surface area (Å²) in [6.45, 7) is 0.879. The van der Waals surface area contributed by atoms with Crippen LogP contribution in [-0.4, -0.2) is 18.0 Å². The highest BCUT2D eigenvalue weighted by Crippen LogP contribution is 2.39. The van der Waals surface area contributed by atoms with Crippen LogP contribution in [0.25, 0.3) is 0 Å². The van der Waals surface area contributed by atoms with E-state index in [2.05, 4.69) is 12.6 Å². The van der Waals surface area contributed by atoms with Gasteiger partial charge in [0.05, 0.1) is 12.7 Å². The molecular formula is C7H12OS. The first-order chi connectivity index (χ1) is 4.36. The molecule has 0 amide bonds. The second-order valence-electron chi connectivity index (χ2n) is 3.10. The quantitative estimate of drug-likeness (QED) is 0.548. The van der Waals surface area contributed by atoms with E-state index in [1.54, 1.807) is 0 Å². The van der Waals surface area contributed by atoms with Crippen LogP contribution < -0.4 is 0 Å². The molecule has 0 aromatic carbocycles. The first-order valence-corrected chi connectivity index (χ1v) is 4.17. The van der Waals surface area contributed by atoms with Gasteiger partial charge in [-0.15, -0.1) is 0 Å². The largest absolute Gasteiger partial charge is 0.377 e. The first kappa shape index (κ1) is 6.05. The van der Waals surface area contributed by atoms with E-state index < -0.39 is 0 Å².